The molecule has 1 aromatic heterocycles. The summed E-state index contributed by atoms with van der Waals surface area (Å²) in [5, 5.41) is 2.42. The summed E-state index contributed by atoms with van der Waals surface area (Å²) in [6.07, 6.45) is 6.83. The summed E-state index contributed by atoms with van der Waals surface area (Å²) in [4.78, 5) is 0. The van der Waals surface area contributed by atoms with Gasteiger partial charge in [-0.3, -0.25) is 0 Å². The van der Waals surface area contributed by atoms with Crippen LogP contribution in [0.25, 0.3) is 21.9 Å². The molecule has 4 rings (SSSR count). The summed E-state index contributed by atoms with van der Waals surface area (Å²) >= 11 is 2.38. The highest BCUT2D eigenvalue weighted by molar-refractivity contribution is 14.1. The minimum absolute atomic E-state index is 0.382. The molecular formula is C19H15IO. The minimum Gasteiger partial charge on any atom is -0.456 e. The molecule has 0 fully saturated rings. The minimum atomic E-state index is 0.382. The lowest BCUT2D eigenvalue weighted by Gasteiger charge is -2.22. The second-order valence-corrected chi connectivity index (χ2v) is 6.86. The second-order valence-electron chi connectivity index (χ2n) is 5.62. The molecule has 0 N–H and O–H groups in total. The zero-order valence-corrected chi connectivity index (χ0v) is 13.9. The Bertz CT molecular complexity index is 885. The lowest BCUT2D eigenvalue weighted by Crippen LogP contribution is -2.08. The Morgan fingerprint density at radius 2 is 1.81 bits per heavy atom. The first-order chi connectivity index (χ1) is 10.2. The Morgan fingerprint density at radius 1 is 1.00 bits per heavy atom. The van der Waals surface area contributed by atoms with Crippen molar-refractivity contribution in [3.63, 3.8) is 0 Å². The Balaban J connectivity index is 1.96. The van der Waals surface area contributed by atoms with E-state index in [1.54, 1.807) is 0 Å². The van der Waals surface area contributed by atoms with Crippen molar-refractivity contribution in [1.82, 2.24) is 0 Å². The summed E-state index contributed by atoms with van der Waals surface area (Å²) in [5.41, 5.74) is 3.29. The number of hydrogen-bond donors (Lipinski definition) is 0. The third kappa shape index (κ3) is 2.13. The van der Waals surface area contributed by atoms with Crippen molar-refractivity contribution in [3.05, 3.63) is 69.8 Å². The maximum absolute atomic E-state index is 6.16. The van der Waals surface area contributed by atoms with E-state index in [1.807, 2.05) is 12.1 Å². The number of halogens is 1. The van der Waals surface area contributed by atoms with Crippen LogP contribution in [-0.2, 0) is 0 Å². The van der Waals surface area contributed by atoms with Gasteiger partial charge in [-0.2, -0.15) is 0 Å². The van der Waals surface area contributed by atoms with Gasteiger partial charge in [0.25, 0.3) is 0 Å². The maximum atomic E-state index is 6.16. The number of allylic oxidation sites excluding steroid dienone is 4. The van der Waals surface area contributed by atoms with Gasteiger partial charge in [-0.15, -0.1) is 0 Å². The fourth-order valence-electron chi connectivity index (χ4n) is 3.20. The molecule has 0 aliphatic heterocycles. The first-order valence-corrected chi connectivity index (χ1v) is 8.27. The fraction of sp³-hybridized carbons (Fsp3) is 0.158. The average Bonchev–Trinajstić information content (AvgIpc) is 2.86. The lowest BCUT2D eigenvalue weighted by molar-refractivity contribution is 0.611. The van der Waals surface area contributed by atoms with Crippen LogP contribution in [0.3, 0.4) is 0 Å². The maximum Gasteiger partial charge on any atom is 0.139 e. The zero-order valence-electron chi connectivity index (χ0n) is 11.7. The van der Waals surface area contributed by atoms with Gasteiger partial charge in [-0.05, 0) is 34.6 Å². The first-order valence-electron chi connectivity index (χ1n) is 7.20. The molecule has 21 heavy (non-hydrogen) atoms. The van der Waals surface area contributed by atoms with Gasteiger partial charge in [0.05, 0.1) is 0 Å². The molecule has 0 bridgehead atoms. The molecule has 1 nitrogen and oxygen atoms in total. The molecule has 1 aliphatic carbocycles. The smallest absolute Gasteiger partial charge is 0.139 e. The van der Waals surface area contributed by atoms with Gasteiger partial charge >= 0.3 is 0 Å². The van der Waals surface area contributed by atoms with Gasteiger partial charge in [-0.25, -0.2) is 0 Å². The zero-order chi connectivity index (χ0) is 14.4. The molecule has 0 amide bonds. The van der Waals surface area contributed by atoms with Crippen LogP contribution in [0.5, 0.6) is 0 Å². The highest BCUT2D eigenvalue weighted by Crippen LogP contribution is 2.39. The Kier molecular flexibility index (Phi) is 3.14. The van der Waals surface area contributed by atoms with Gasteiger partial charge in [0.1, 0.15) is 11.2 Å². The van der Waals surface area contributed by atoms with E-state index in [2.05, 4.69) is 78.1 Å². The molecule has 2 aromatic carbocycles. The Labute approximate surface area is 137 Å². The summed E-state index contributed by atoms with van der Waals surface area (Å²) in [6, 6.07) is 14.8. The average molecular weight is 386 g/mol. The second kappa shape index (κ2) is 5.02. The van der Waals surface area contributed by atoms with Crippen LogP contribution >= 0.6 is 22.6 Å². The topological polar surface area (TPSA) is 13.1 Å². The SMILES string of the molecule is CC1C=C(I)C=CC1c1cccc2c1oc1ccccc12. The van der Waals surface area contributed by atoms with E-state index < -0.39 is 0 Å². The van der Waals surface area contributed by atoms with Gasteiger partial charge in [0.2, 0.25) is 0 Å². The molecular weight excluding hydrogens is 371 g/mol. The van der Waals surface area contributed by atoms with Crippen molar-refractivity contribution >= 4 is 44.5 Å². The predicted molar refractivity (Wildman–Crippen MR) is 96.9 cm³/mol. The molecule has 2 atom stereocenters. The molecule has 104 valence electrons. The number of furan rings is 1. The van der Waals surface area contributed by atoms with E-state index in [4.69, 9.17) is 4.42 Å². The van der Waals surface area contributed by atoms with Crippen molar-refractivity contribution < 1.29 is 4.42 Å². The first kappa shape index (κ1) is 13.1. The van der Waals surface area contributed by atoms with Crippen LogP contribution in [0.4, 0.5) is 0 Å². The van der Waals surface area contributed by atoms with Gasteiger partial charge in [-0.1, -0.05) is 61.5 Å². The quantitative estimate of drug-likeness (QED) is 0.454. The van der Waals surface area contributed by atoms with Gasteiger partial charge in [0.15, 0.2) is 0 Å². The van der Waals surface area contributed by atoms with E-state index in [1.165, 1.54) is 19.9 Å². The van der Waals surface area contributed by atoms with Crippen LogP contribution < -0.4 is 0 Å². The van der Waals surface area contributed by atoms with Crippen molar-refractivity contribution in [2.75, 3.05) is 0 Å². The van der Waals surface area contributed by atoms with Crippen molar-refractivity contribution in [3.8, 4) is 0 Å². The third-order valence-electron chi connectivity index (χ3n) is 4.25. The molecule has 1 heterocycles. The van der Waals surface area contributed by atoms with Crippen molar-refractivity contribution in [1.29, 1.82) is 0 Å². The van der Waals surface area contributed by atoms with E-state index in [-0.39, 0.29) is 0 Å². The summed E-state index contributed by atoms with van der Waals surface area (Å²) in [7, 11) is 0. The van der Waals surface area contributed by atoms with Crippen LogP contribution in [0, 0.1) is 5.92 Å². The fourth-order valence-corrected chi connectivity index (χ4v) is 3.97. The number of benzene rings is 2. The summed E-state index contributed by atoms with van der Waals surface area (Å²) < 4.78 is 7.47. The summed E-state index contributed by atoms with van der Waals surface area (Å²) in [5.74, 6) is 0.869. The Morgan fingerprint density at radius 3 is 2.67 bits per heavy atom. The molecule has 2 unspecified atom stereocenters. The normalized spacial score (nSPS) is 21.9. The van der Waals surface area contributed by atoms with Crippen LogP contribution in [0.15, 0.2) is 68.7 Å². The highest BCUT2D eigenvalue weighted by Gasteiger charge is 2.22. The molecule has 3 aromatic rings. The Hall–Kier alpha value is -1.55. The van der Waals surface area contributed by atoms with E-state index in [9.17, 15) is 0 Å². The largest absolute Gasteiger partial charge is 0.456 e. The van der Waals surface area contributed by atoms with E-state index in [0.717, 1.165) is 11.2 Å². The molecule has 0 saturated heterocycles. The van der Waals surface area contributed by atoms with Crippen LogP contribution in [-0.4, -0.2) is 0 Å². The molecule has 0 saturated carbocycles. The van der Waals surface area contributed by atoms with Crippen LogP contribution in [0.2, 0.25) is 0 Å². The monoisotopic (exact) mass is 386 g/mol. The highest BCUT2D eigenvalue weighted by atomic mass is 127. The number of fused-ring (bicyclic) bond motifs is 3. The van der Waals surface area contributed by atoms with Crippen molar-refractivity contribution in [2.45, 2.75) is 12.8 Å². The number of para-hydroxylation sites is 2. The summed E-state index contributed by atoms with van der Waals surface area (Å²) in [6.45, 7) is 2.27. The number of rotatable bonds is 1. The lowest BCUT2D eigenvalue weighted by atomic mass is 9.83. The molecule has 1 aliphatic rings. The standard InChI is InChI=1S/C19H15IO/c1-12-11-13(20)9-10-14(12)16-6-4-7-17-15-5-2-3-8-18(15)21-19(16)17/h2-12,14H,1H3. The third-order valence-corrected chi connectivity index (χ3v) is 4.96. The van der Waals surface area contributed by atoms with Crippen molar-refractivity contribution in [2.24, 2.45) is 5.92 Å². The van der Waals surface area contributed by atoms with Gasteiger partial charge < -0.3 is 4.42 Å². The number of hydrogen-bond acceptors (Lipinski definition) is 1. The van der Waals surface area contributed by atoms with Crippen LogP contribution in [0.1, 0.15) is 18.4 Å². The molecule has 2 heteroatoms. The van der Waals surface area contributed by atoms with E-state index in [0.29, 0.717) is 11.8 Å². The molecule has 0 radical (unpaired) electrons. The molecule has 0 spiro atoms. The van der Waals surface area contributed by atoms with E-state index >= 15 is 0 Å². The van der Waals surface area contributed by atoms with Gasteiger partial charge in [0, 0.05) is 25.8 Å². The predicted octanol–water partition coefficient (Wildman–Crippen LogP) is 6.19.